The molecule has 0 spiro atoms. The molecule has 2 saturated heterocycles. The van der Waals surface area contributed by atoms with E-state index in [0.717, 1.165) is 32.6 Å². The molecule has 4 heteroatoms. The number of hydrogen-bond donors (Lipinski definition) is 1. The lowest BCUT2D eigenvalue weighted by Crippen LogP contribution is -2.50. The van der Waals surface area contributed by atoms with Crippen LogP contribution in [0.5, 0.6) is 0 Å². The molecule has 0 aliphatic carbocycles. The van der Waals surface area contributed by atoms with Gasteiger partial charge in [0.15, 0.2) is 0 Å². The normalized spacial score (nSPS) is 32.2. The van der Waals surface area contributed by atoms with E-state index < -0.39 is 0 Å². The second kappa shape index (κ2) is 6.88. The van der Waals surface area contributed by atoms with Crippen LogP contribution in [-0.2, 0) is 4.74 Å². The number of benzene rings is 1. The highest BCUT2D eigenvalue weighted by atomic mass is 16.5. The maximum absolute atomic E-state index is 10.2. The smallest absolute Gasteiger partial charge is 0.0624 e. The molecule has 0 saturated carbocycles. The minimum Gasteiger partial charge on any atom is -0.393 e. The lowest BCUT2D eigenvalue weighted by molar-refractivity contribution is -0.0567. The summed E-state index contributed by atoms with van der Waals surface area (Å²) in [5, 5.41) is 10.2. The van der Waals surface area contributed by atoms with Gasteiger partial charge in [0.2, 0.25) is 0 Å². The topological polar surface area (TPSA) is 35.9 Å². The van der Waals surface area contributed by atoms with Crippen molar-refractivity contribution < 1.29 is 9.84 Å². The summed E-state index contributed by atoms with van der Waals surface area (Å²) in [6.07, 6.45) is 0.559. The number of aliphatic hydroxyl groups excluding tert-OH is 1. The van der Waals surface area contributed by atoms with E-state index in [2.05, 4.69) is 47.2 Å². The van der Waals surface area contributed by atoms with E-state index in [1.807, 2.05) is 0 Å². The Morgan fingerprint density at radius 3 is 2.81 bits per heavy atom. The molecule has 3 unspecified atom stereocenters. The van der Waals surface area contributed by atoms with Crippen LogP contribution in [0.15, 0.2) is 30.3 Å². The van der Waals surface area contributed by atoms with Crippen LogP contribution in [0.1, 0.15) is 18.0 Å². The van der Waals surface area contributed by atoms with Crippen LogP contribution in [0, 0.1) is 5.92 Å². The Hall–Kier alpha value is -0.940. The van der Waals surface area contributed by atoms with E-state index >= 15 is 0 Å². The summed E-state index contributed by atoms with van der Waals surface area (Å²) in [5.41, 5.74) is 1.37. The number of hydrogen-bond acceptors (Lipinski definition) is 4. The van der Waals surface area contributed by atoms with Gasteiger partial charge in [-0.25, -0.2) is 0 Å². The lowest BCUT2D eigenvalue weighted by Gasteiger charge is -2.43. The van der Waals surface area contributed by atoms with Crippen LogP contribution in [0.2, 0.25) is 0 Å². The minimum atomic E-state index is -0.213. The zero-order valence-electron chi connectivity index (χ0n) is 12.8. The Balaban J connectivity index is 1.72. The van der Waals surface area contributed by atoms with Crippen LogP contribution in [-0.4, -0.2) is 67.5 Å². The molecule has 1 aromatic rings. The summed E-state index contributed by atoms with van der Waals surface area (Å²) >= 11 is 0. The molecule has 0 radical (unpaired) electrons. The van der Waals surface area contributed by atoms with Crippen molar-refractivity contribution in [2.75, 3.05) is 46.4 Å². The van der Waals surface area contributed by atoms with Gasteiger partial charge in [0.25, 0.3) is 0 Å². The lowest BCUT2D eigenvalue weighted by atomic mass is 9.95. The molecule has 3 rings (SSSR count). The molecule has 0 amide bonds. The van der Waals surface area contributed by atoms with Crippen LogP contribution >= 0.6 is 0 Å². The highest BCUT2D eigenvalue weighted by molar-refractivity contribution is 5.20. The molecule has 0 aromatic heterocycles. The van der Waals surface area contributed by atoms with Crippen molar-refractivity contribution >= 4 is 0 Å². The molecule has 21 heavy (non-hydrogen) atoms. The van der Waals surface area contributed by atoms with Gasteiger partial charge in [-0.05, 0) is 19.0 Å². The zero-order chi connectivity index (χ0) is 14.7. The van der Waals surface area contributed by atoms with Crippen molar-refractivity contribution in [3.63, 3.8) is 0 Å². The van der Waals surface area contributed by atoms with Gasteiger partial charge in [-0.15, -0.1) is 0 Å². The second-order valence-electron chi connectivity index (χ2n) is 6.37. The van der Waals surface area contributed by atoms with Crippen LogP contribution in [0.25, 0.3) is 0 Å². The van der Waals surface area contributed by atoms with Crippen molar-refractivity contribution in [3.05, 3.63) is 35.9 Å². The number of nitrogens with zero attached hydrogens (tertiary/aromatic N) is 2. The fraction of sp³-hybridized carbons (Fsp3) is 0.647. The average Bonchev–Trinajstić information content (AvgIpc) is 2.52. The van der Waals surface area contributed by atoms with Gasteiger partial charge in [0.05, 0.1) is 12.7 Å². The van der Waals surface area contributed by atoms with E-state index in [1.165, 1.54) is 5.56 Å². The summed E-state index contributed by atoms with van der Waals surface area (Å²) in [7, 11) is 2.19. The second-order valence-corrected chi connectivity index (χ2v) is 6.37. The molecular formula is C17H26N2O2. The number of rotatable bonds is 3. The largest absolute Gasteiger partial charge is 0.393 e. The molecular weight excluding hydrogens is 264 g/mol. The van der Waals surface area contributed by atoms with E-state index in [0.29, 0.717) is 19.3 Å². The highest BCUT2D eigenvalue weighted by Gasteiger charge is 2.32. The van der Waals surface area contributed by atoms with Gasteiger partial charge in [-0.2, -0.15) is 0 Å². The van der Waals surface area contributed by atoms with Gasteiger partial charge in [0, 0.05) is 44.7 Å². The number of ether oxygens (including phenoxy) is 1. The first-order valence-electron chi connectivity index (χ1n) is 7.97. The van der Waals surface area contributed by atoms with Gasteiger partial charge >= 0.3 is 0 Å². The number of aliphatic hydroxyl groups is 1. The maximum Gasteiger partial charge on any atom is 0.0624 e. The quantitative estimate of drug-likeness (QED) is 0.912. The molecule has 1 aromatic carbocycles. The Morgan fingerprint density at radius 2 is 2.05 bits per heavy atom. The summed E-state index contributed by atoms with van der Waals surface area (Å²) in [5.74, 6) is 0.244. The van der Waals surface area contributed by atoms with Crippen molar-refractivity contribution in [3.8, 4) is 0 Å². The van der Waals surface area contributed by atoms with Crippen molar-refractivity contribution in [1.82, 2.24) is 9.80 Å². The molecule has 2 fully saturated rings. The zero-order valence-corrected chi connectivity index (χ0v) is 12.8. The van der Waals surface area contributed by atoms with E-state index in [-0.39, 0.29) is 12.0 Å². The predicted molar refractivity (Wildman–Crippen MR) is 83.2 cm³/mol. The van der Waals surface area contributed by atoms with E-state index in [1.54, 1.807) is 0 Å². The molecule has 4 nitrogen and oxygen atoms in total. The Bertz CT molecular complexity index is 440. The van der Waals surface area contributed by atoms with Gasteiger partial charge < -0.3 is 14.7 Å². The molecule has 116 valence electrons. The van der Waals surface area contributed by atoms with Crippen molar-refractivity contribution in [2.45, 2.75) is 18.6 Å². The van der Waals surface area contributed by atoms with E-state index in [9.17, 15) is 5.11 Å². The molecule has 3 atom stereocenters. The fourth-order valence-electron chi connectivity index (χ4n) is 3.43. The number of likely N-dealkylation sites (N-methyl/N-ethyl adjacent to an activating group) is 1. The Morgan fingerprint density at radius 1 is 1.24 bits per heavy atom. The molecule has 2 aliphatic rings. The SMILES string of the molecule is CN1CCN(CC2COCCC2O)C(c2ccccc2)C1. The third-order valence-corrected chi connectivity index (χ3v) is 4.78. The van der Waals surface area contributed by atoms with Crippen molar-refractivity contribution in [1.29, 1.82) is 0 Å². The monoisotopic (exact) mass is 290 g/mol. The summed E-state index contributed by atoms with van der Waals surface area (Å²) in [6.45, 7) is 5.51. The summed E-state index contributed by atoms with van der Waals surface area (Å²) in [4.78, 5) is 4.92. The van der Waals surface area contributed by atoms with Crippen LogP contribution in [0.4, 0.5) is 0 Å². The van der Waals surface area contributed by atoms with Gasteiger partial charge in [0.1, 0.15) is 0 Å². The Labute approximate surface area is 127 Å². The molecule has 0 bridgehead atoms. The minimum absolute atomic E-state index is 0.213. The van der Waals surface area contributed by atoms with Gasteiger partial charge in [-0.3, -0.25) is 4.90 Å². The molecule has 2 aliphatic heterocycles. The highest BCUT2D eigenvalue weighted by Crippen LogP contribution is 2.27. The third-order valence-electron chi connectivity index (χ3n) is 4.78. The third kappa shape index (κ3) is 3.64. The predicted octanol–water partition coefficient (Wildman–Crippen LogP) is 1.37. The fourth-order valence-corrected chi connectivity index (χ4v) is 3.43. The molecule has 1 N–H and O–H groups in total. The standard InChI is InChI=1S/C17H26N2O2/c1-18-8-9-19(11-15-13-21-10-7-17(15)20)16(12-18)14-5-3-2-4-6-14/h2-6,15-17,20H,7-13H2,1H3. The summed E-state index contributed by atoms with van der Waals surface area (Å²) in [6, 6.07) is 11.1. The summed E-state index contributed by atoms with van der Waals surface area (Å²) < 4.78 is 5.56. The Kier molecular flexibility index (Phi) is 4.91. The first kappa shape index (κ1) is 15.0. The van der Waals surface area contributed by atoms with Crippen LogP contribution in [0.3, 0.4) is 0 Å². The molecule has 2 heterocycles. The van der Waals surface area contributed by atoms with E-state index in [4.69, 9.17) is 4.74 Å². The first-order valence-corrected chi connectivity index (χ1v) is 7.97. The number of piperazine rings is 1. The van der Waals surface area contributed by atoms with Crippen molar-refractivity contribution in [2.24, 2.45) is 5.92 Å². The van der Waals surface area contributed by atoms with Gasteiger partial charge in [-0.1, -0.05) is 30.3 Å². The first-order chi connectivity index (χ1) is 10.2. The maximum atomic E-state index is 10.2. The average molecular weight is 290 g/mol. The van der Waals surface area contributed by atoms with Crippen LogP contribution < -0.4 is 0 Å².